The van der Waals surface area contributed by atoms with Crippen molar-refractivity contribution < 1.29 is 23.5 Å². The second kappa shape index (κ2) is 10.6. The number of rotatable bonds is 6. The fourth-order valence-electron chi connectivity index (χ4n) is 3.88. The highest BCUT2D eigenvalue weighted by molar-refractivity contribution is 7.10. The molecule has 3 aromatic rings. The van der Waals surface area contributed by atoms with Gasteiger partial charge in [0.2, 0.25) is 5.91 Å². The molecule has 0 radical (unpaired) electrons. The minimum atomic E-state index is -0.477. The number of nitrogens with zero attached hydrogens (tertiary/aromatic N) is 2. The second-order valence-electron chi connectivity index (χ2n) is 8.06. The summed E-state index contributed by atoms with van der Waals surface area (Å²) in [5, 5.41) is 5.36. The van der Waals surface area contributed by atoms with Crippen molar-refractivity contribution in [3.63, 3.8) is 0 Å². The Hall–Kier alpha value is -3.59. The van der Waals surface area contributed by atoms with Crippen LogP contribution in [0.3, 0.4) is 0 Å². The summed E-state index contributed by atoms with van der Waals surface area (Å²) in [5.74, 6) is -0.934. The summed E-state index contributed by atoms with van der Waals surface area (Å²) < 4.78 is 17.8. The number of benzene rings is 2. The van der Waals surface area contributed by atoms with Gasteiger partial charge in [-0.05, 0) is 48.7 Å². The molecule has 7 nitrogen and oxygen atoms in total. The number of carbonyl (C=O) groups is 3. The molecule has 2 aromatic carbocycles. The number of likely N-dealkylation sites (tertiary alicyclic amines) is 1. The minimum absolute atomic E-state index is 0.0263. The molecule has 2 heterocycles. The Morgan fingerprint density at radius 2 is 1.88 bits per heavy atom. The molecule has 176 valence electrons. The molecule has 0 bridgehead atoms. The van der Waals surface area contributed by atoms with Gasteiger partial charge in [0, 0.05) is 30.1 Å². The normalized spacial score (nSPS) is 14.0. The number of carbonyl (C=O) groups excluding carboxylic acids is 3. The zero-order valence-electron chi connectivity index (χ0n) is 18.6. The van der Waals surface area contributed by atoms with Crippen molar-refractivity contribution >= 4 is 34.8 Å². The smallest absolute Gasteiger partial charge is 0.337 e. The number of esters is 1. The summed E-state index contributed by atoms with van der Waals surface area (Å²) in [4.78, 5) is 43.3. The number of aromatic nitrogens is 1. The van der Waals surface area contributed by atoms with E-state index in [1.54, 1.807) is 41.8 Å². The lowest BCUT2D eigenvalue weighted by Gasteiger charge is -2.31. The molecule has 0 saturated carbocycles. The number of thiazole rings is 1. The third-order valence-corrected chi connectivity index (χ3v) is 6.77. The van der Waals surface area contributed by atoms with E-state index in [2.05, 4.69) is 10.3 Å². The van der Waals surface area contributed by atoms with Gasteiger partial charge in [0.05, 0.1) is 24.1 Å². The number of piperidine rings is 1. The van der Waals surface area contributed by atoms with Crippen LogP contribution in [0.1, 0.15) is 50.2 Å². The minimum Gasteiger partial charge on any atom is -0.465 e. The topological polar surface area (TPSA) is 88.6 Å². The van der Waals surface area contributed by atoms with Crippen LogP contribution in [0.5, 0.6) is 0 Å². The van der Waals surface area contributed by atoms with E-state index >= 15 is 0 Å². The highest BCUT2D eigenvalue weighted by Crippen LogP contribution is 2.31. The van der Waals surface area contributed by atoms with E-state index < -0.39 is 5.97 Å². The van der Waals surface area contributed by atoms with Gasteiger partial charge in [-0.3, -0.25) is 9.59 Å². The number of anilines is 1. The first-order chi connectivity index (χ1) is 16.4. The van der Waals surface area contributed by atoms with Gasteiger partial charge in [0.15, 0.2) is 0 Å². The first-order valence-corrected chi connectivity index (χ1v) is 11.8. The molecule has 4 rings (SSSR count). The van der Waals surface area contributed by atoms with Gasteiger partial charge in [0.25, 0.3) is 5.91 Å². The Balaban J connectivity index is 1.31. The number of amides is 2. The third-order valence-electron chi connectivity index (χ3n) is 5.76. The Morgan fingerprint density at radius 1 is 1.15 bits per heavy atom. The van der Waals surface area contributed by atoms with Crippen LogP contribution in [0, 0.1) is 5.82 Å². The molecular weight excluding hydrogens is 457 g/mol. The molecule has 1 aliphatic heterocycles. The lowest BCUT2D eigenvalue weighted by molar-refractivity contribution is -0.131. The maximum absolute atomic E-state index is 13.1. The van der Waals surface area contributed by atoms with Crippen LogP contribution in [-0.2, 0) is 16.0 Å². The van der Waals surface area contributed by atoms with Crippen molar-refractivity contribution in [2.45, 2.75) is 25.2 Å². The lowest BCUT2D eigenvalue weighted by atomic mass is 9.97. The van der Waals surface area contributed by atoms with Crippen LogP contribution in [-0.4, -0.2) is 47.9 Å². The number of halogens is 1. The van der Waals surface area contributed by atoms with Gasteiger partial charge in [-0.25, -0.2) is 14.2 Å². The predicted molar refractivity (Wildman–Crippen MR) is 127 cm³/mol. The zero-order valence-corrected chi connectivity index (χ0v) is 19.4. The Morgan fingerprint density at radius 3 is 2.59 bits per heavy atom. The highest BCUT2D eigenvalue weighted by atomic mass is 32.1. The van der Waals surface area contributed by atoms with Gasteiger partial charge in [0.1, 0.15) is 11.5 Å². The molecule has 2 amide bonds. The Labute approximate surface area is 200 Å². The van der Waals surface area contributed by atoms with E-state index in [0.717, 1.165) is 23.4 Å². The molecule has 9 heteroatoms. The van der Waals surface area contributed by atoms with E-state index in [-0.39, 0.29) is 30.0 Å². The fraction of sp³-hybridized carbons (Fsp3) is 0.280. The highest BCUT2D eigenvalue weighted by Gasteiger charge is 2.26. The zero-order chi connectivity index (χ0) is 24.1. The SMILES string of the molecule is COC(=O)c1cccc(NC(=O)c2csc(C3CCN(C(=O)Cc4ccc(F)cc4)CC3)n2)c1. The molecular formula is C25H24FN3O4S. The molecule has 34 heavy (non-hydrogen) atoms. The van der Waals surface area contributed by atoms with Crippen molar-refractivity contribution in [1.82, 2.24) is 9.88 Å². The summed E-state index contributed by atoms with van der Waals surface area (Å²) in [5.41, 5.74) is 1.94. The van der Waals surface area contributed by atoms with Crippen LogP contribution in [0.2, 0.25) is 0 Å². The van der Waals surface area contributed by atoms with Crippen molar-refractivity contribution in [3.05, 3.63) is 81.6 Å². The fourth-order valence-corrected chi connectivity index (χ4v) is 4.85. The first kappa shape index (κ1) is 23.6. The first-order valence-electron chi connectivity index (χ1n) is 10.9. The second-order valence-corrected chi connectivity index (χ2v) is 8.95. The average molecular weight is 482 g/mol. The maximum atomic E-state index is 13.1. The predicted octanol–water partition coefficient (Wildman–Crippen LogP) is 4.27. The molecule has 1 aliphatic rings. The van der Waals surface area contributed by atoms with Gasteiger partial charge in [-0.2, -0.15) is 0 Å². The average Bonchev–Trinajstić information content (AvgIpc) is 3.36. The molecule has 1 aromatic heterocycles. The summed E-state index contributed by atoms with van der Waals surface area (Å²) in [7, 11) is 1.30. The van der Waals surface area contributed by atoms with Gasteiger partial charge >= 0.3 is 5.97 Å². The van der Waals surface area contributed by atoms with Gasteiger partial charge in [-0.1, -0.05) is 18.2 Å². The Bertz CT molecular complexity index is 1190. The van der Waals surface area contributed by atoms with Crippen LogP contribution in [0.4, 0.5) is 10.1 Å². The molecule has 0 spiro atoms. The molecule has 0 aliphatic carbocycles. The van der Waals surface area contributed by atoms with Crippen molar-refractivity contribution in [2.75, 3.05) is 25.5 Å². The number of nitrogens with one attached hydrogen (secondary N) is 1. The van der Waals surface area contributed by atoms with Crippen molar-refractivity contribution in [1.29, 1.82) is 0 Å². The quantitative estimate of drug-likeness (QED) is 0.531. The number of methoxy groups -OCH3 is 1. The van der Waals surface area contributed by atoms with E-state index in [1.165, 1.54) is 30.6 Å². The van der Waals surface area contributed by atoms with Crippen molar-refractivity contribution in [2.24, 2.45) is 0 Å². The van der Waals surface area contributed by atoms with Crippen molar-refractivity contribution in [3.8, 4) is 0 Å². The Kier molecular flexibility index (Phi) is 7.32. The van der Waals surface area contributed by atoms with Gasteiger partial charge in [-0.15, -0.1) is 11.3 Å². The van der Waals surface area contributed by atoms with E-state index in [1.807, 2.05) is 4.90 Å². The van der Waals surface area contributed by atoms with E-state index in [4.69, 9.17) is 4.74 Å². The number of hydrogen-bond acceptors (Lipinski definition) is 6. The molecule has 1 saturated heterocycles. The monoisotopic (exact) mass is 481 g/mol. The summed E-state index contributed by atoms with van der Waals surface area (Å²) >= 11 is 1.44. The molecule has 0 atom stereocenters. The number of ether oxygens (including phenoxy) is 1. The summed E-state index contributed by atoms with van der Waals surface area (Å²) in [6, 6.07) is 12.5. The van der Waals surface area contributed by atoms with Crippen LogP contribution >= 0.6 is 11.3 Å². The summed E-state index contributed by atoms with van der Waals surface area (Å²) in [6.45, 7) is 1.23. The van der Waals surface area contributed by atoms with E-state index in [0.29, 0.717) is 30.0 Å². The van der Waals surface area contributed by atoms with Crippen LogP contribution < -0.4 is 5.32 Å². The third kappa shape index (κ3) is 5.66. The van der Waals surface area contributed by atoms with E-state index in [9.17, 15) is 18.8 Å². The maximum Gasteiger partial charge on any atom is 0.337 e. The van der Waals surface area contributed by atoms with Gasteiger partial charge < -0.3 is 15.0 Å². The van der Waals surface area contributed by atoms with Crippen LogP contribution in [0.15, 0.2) is 53.9 Å². The molecule has 1 N–H and O–H groups in total. The molecule has 0 unspecified atom stereocenters. The standard InChI is InChI=1S/C25H24FN3O4S/c1-33-25(32)18-3-2-4-20(14-18)27-23(31)21-15-34-24(28-21)17-9-11-29(12-10-17)22(30)13-16-5-7-19(26)8-6-16/h2-8,14-15,17H,9-13H2,1H3,(H,27,31). The summed E-state index contributed by atoms with van der Waals surface area (Å²) in [6.07, 6.45) is 1.79. The van der Waals surface area contributed by atoms with Crippen LogP contribution in [0.25, 0.3) is 0 Å². The molecule has 1 fully saturated rings. The number of hydrogen-bond donors (Lipinski definition) is 1. The largest absolute Gasteiger partial charge is 0.465 e. The lowest BCUT2D eigenvalue weighted by Crippen LogP contribution is -2.38.